The molecule has 2 aliphatic rings. The number of anilines is 2. The Bertz CT molecular complexity index is 1270. The maximum absolute atomic E-state index is 13.2. The summed E-state index contributed by atoms with van der Waals surface area (Å²) >= 11 is 0. The minimum atomic E-state index is -4.88. The number of halogens is 6. The van der Waals surface area contributed by atoms with Crippen LogP contribution in [0.3, 0.4) is 0 Å². The molecule has 0 bridgehead atoms. The van der Waals surface area contributed by atoms with Gasteiger partial charge in [0.2, 0.25) is 5.91 Å². The molecule has 3 atom stereocenters. The first-order valence-corrected chi connectivity index (χ1v) is 12.5. The van der Waals surface area contributed by atoms with Crippen LogP contribution in [-0.2, 0) is 33.2 Å². The zero-order valence-electron chi connectivity index (χ0n) is 21.6. The van der Waals surface area contributed by atoms with Gasteiger partial charge in [-0.25, -0.2) is 10.1 Å². The molecule has 0 radical (unpaired) electrons. The summed E-state index contributed by atoms with van der Waals surface area (Å²) in [6.07, 6.45) is -8.11. The van der Waals surface area contributed by atoms with Crippen LogP contribution in [0.2, 0.25) is 0 Å². The van der Waals surface area contributed by atoms with E-state index in [0.717, 1.165) is 18.5 Å². The molecule has 0 saturated carbocycles. The van der Waals surface area contributed by atoms with Gasteiger partial charge in [-0.1, -0.05) is 0 Å². The molecule has 4 heterocycles. The number of carbonyl (C=O) groups excluding carboxylic acids is 1. The van der Waals surface area contributed by atoms with Crippen molar-refractivity contribution in [3.63, 3.8) is 0 Å². The van der Waals surface area contributed by atoms with E-state index in [-0.39, 0.29) is 50.8 Å². The average molecular weight is 579 g/mol. The lowest BCUT2D eigenvalue weighted by Gasteiger charge is -2.43. The molecular weight excluding hydrogens is 550 g/mol. The highest BCUT2D eigenvalue weighted by Gasteiger charge is 2.39. The van der Waals surface area contributed by atoms with Crippen molar-refractivity contribution in [3.8, 4) is 0 Å². The van der Waals surface area contributed by atoms with Gasteiger partial charge in [0.05, 0.1) is 55.8 Å². The molecule has 2 aromatic rings. The van der Waals surface area contributed by atoms with Crippen LogP contribution in [0.1, 0.15) is 37.0 Å². The van der Waals surface area contributed by atoms with Crippen molar-refractivity contribution in [1.82, 2.24) is 20.1 Å². The number of nitrogens with one attached hydrogen (secondary N) is 2. The van der Waals surface area contributed by atoms with Gasteiger partial charge in [-0.2, -0.15) is 31.4 Å². The van der Waals surface area contributed by atoms with Gasteiger partial charge in [0.1, 0.15) is 11.4 Å². The number of carbonyl (C=O) groups is 1. The third-order valence-electron chi connectivity index (χ3n) is 6.73. The van der Waals surface area contributed by atoms with Crippen molar-refractivity contribution < 1.29 is 40.6 Å². The molecule has 16 heteroatoms. The van der Waals surface area contributed by atoms with Gasteiger partial charge in [0.25, 0.3) is 5.56 Å². The molecule has 4 rings (SSSR count). The van der Waals surface area contributed by atoms with E-state index < -0.39 is 40.8 Å². The Hall–Kier alpha value is -3.40. The third-order valence-corrected chi connectivity index (χ3v) is 6.73. The molecule has 1 amide bonds. The second-order valence-electron chi connectivity index (χ2n) is 9.68. The van der Waals surface area contributed by atoms with Gasteiger partial charge < -0.3 is 24.6 Å². The maximum atomic E-state index is 13.2. The molecule has 2 aliphatic heterocycles. The van der Waals surface area contributed by atoms with E-state index in [0.29, 0.717) is 24.5 Å². The topological polar surface area (TPSA) is 113 Å². The first kappa shape index (κ1) is 29.6. The number of pyridine rings is 1. The van der Waals surface area contributed by atoms with Crippen LogP contribution in [0, 0.1) is 0 Å². The highest BCUT2D eigenvalue weighted by atomic mass is 19.4. The molecule has 0 unspecified atom stereocenters. The van der Waals surface area contributed by atoms with Crippen LogP contribution in [0.5, 0.6) is 0 Å². The van der Waals surface area contributed by atoms with Crippen LogP contribution in [0.15, 0.2) is 23.3 Å². The summed E-state index contributed by atoms with van der Waals surface area (Å²) in [5, 5.41) is 7.71. The molecule has 220 valence electrons. The van der Waals surface area contributed by atoms with Crippen molar-refractivity contribution >= 4 is 17.4 Å². The summed E-state index contributed by atoms with van der Waals surface area (Å²) in [5.41, 5.74) is -3.76. The predicted molar refractivity (Wildman–Crippen MR) is 130 cm³/mol. The van der Waals surface area contributed by atoms with E-state index in [9.17, 15) is 35.9 Å². The summed E-state index contributed by atoms with van der Waals surface area (Å²) in [4.78, 5) is 32.0. The summed E-state index contributed by atoms with van der Waals surface area (Å²) in [6.45, 7) is 4.22. The number of hydrogen-bond acceptors (Lipinski definition) is 8. The molecule has 40 heavy (non-hydrogen) atoms. The number of aromatic amines is 1. The number of aromatic nitrogens is 3. The zero-order valence-corrected chi connectivity index (χ0v) is 21.6. The van der Waals surface area contributed by atoms with Gasteiger partial charge in [0.15, 0.2) is 0 Å². The molecular formula is C24H28F6N6O4. The van der Waals surface area contributed by atoms with E-state index in [1.807, 2.05) is 4.90 Å². The second-order valence-corrected chi connectivity index (χ2v) is 9.68. The monoisotopic (exact) mass is 578 g/mol. The van der Waals surface area contributed by atoms with Crippen molar-refractivity contribution in [1.29, 1.82) is 0 Å². The molecule has 10 nitrogen and oxygen atoms in total. The lowest BCUT2D eigenvalue weighted by molar-refractivity contribution is -0.138. The van der Waals surface area contributed by atoms with Gasteiger partial charge >= 0.3 is 12.4 Å². The van der Waals surface area contributed by atoms with Gasteiger partial charge in [-0.15, -0.1) is 0 Å². The van der Waals surface area contributed by atoms with Crippen LogP contribution in [-0.4, -0.2) is 77.0 Å². The Labute approximate surface area is 224 Å². The molecule has 0 spiro atoms. The van der Waals surface area contributed by atoms with Crippen molar-refractivity contribution in [2.45, 2.75) is 57.4 Å². The molecule has 0 aromatic carbocycles. The van der Waals surface area contributed by atoms with E-state index in [1.165, 1.54) is 0 Å². The Morgan fingerprint density at radius 2 is 1.98 bits per heavy atom. The van der Waals surface area contributed by atoms with Crippen molar-refractivity contribution in [3.05, 3.63) is 45.5 Å². The molecule has 1 fully saturated rings. The number of piperazine rings is 1. The summed E-state index contributed by atoms with van der Waals surface area (Å²) in [6, 6.07) is 0.0925. The van der Waals surface area contributed by atoms with Gasteiger partial charge in [-0.3, -0.25) is 9.59 Å². The quantitative estimate of drug-likeness (QED) is 0.381. The molecule has 1 saturated heterocycles. The number of ether oxygens (including phenoxy) is 2. The number of amides is 1. The minimum absolute atomic E-state index is 0.00610. The minimum Gasteiger partial charge on any atom is -0.379 e. The lowest BCUT2D eigenvalue weighted by Crippen LogP contribution is -2.58. The molecule has 2 aromatic heterocycles. The lowest BCUT2D eigenvalue weighted by atomic mass is 10.1. The zero-order chi connectivity index (χ0) is 29.2. The Balaban J connectivity index is 1.29. The highest BCUT2D eigenvalue weighted by Crippen LogP contribution is 2.35. The Kier molecular flexibility index (Phi) is 8.58. The number of fused-ring (bicyclic) bond motifs is 3. The fraction of sp³-hybridized carbons (Fsp3) is 0.583. The average Bonchev–Trinajstić information content (AvgIpc) is 3.01. The van der Waals surface area contributed by atoms with E-state index in [1.54, 1.807) is 23.8 Å². The van der Waals surface area contributed by atoms with Crippen LogP contribution in [0.4, 0.5) is 37.8 Å². The fourth-order valence-corrected chi connectivity index (χ4v) is 4.73. The number of nitrogens with zero attached hydrogens (tertiary/aromatic N) is 4. The SMILES string of the molecule is C[C@@H](COCCC(=O)N1CCN2c3ncc(C(F)(F)F)cc3CO[C@H](C)[C@H]2C1)Nc1cn[nH]c(=O)c1C(F)(F)F. The van der Waals surface area contributed by atoms with Crippen molar-refractivity contribution in [2.24, 2.45) is 0 Å². The Morgan fingerprint density at radius 1 is 1.23 bits per heavy atom. The summed E-state index contributed by atoms with van der Waals surface area (Å²) < 4.78 is 90.3. The Morgan fingerprint density at radius 3 is 2.67 bits per heavy atom. The van der Waals surface area contributed by atoms with Crippen LogP contribution < -0.4 is 15.8 Å². The standard InChI is InChI=1S/C24H28F6N6O4/c1-13(33-17-9-32-34-22(38)20(17)24(28,29)30)11-39-6-3-19(37)35-4-5-36-18(10-35)14(2)40-12-15-7-16(23(25,26)27)8-31-21(15)36/h7-9,13-14,18H,3-6,10-12H2,1-2H3,(H2,33,34,38)/t13-,14+,18+/m0/s1. The highest BCUT2D eigenvalue weighted by molar-refractivity contribution is 5.76. The maximum Gasteiger partial charge on any atom is 0.423 e. The first-order valence-electron chi connectivity index (χ1n) is 12.5. The number of alkyl halides is 6. The normalized spacial score (nSPS) is 20.4. The smallest absolute Gasteiger partial charge is 0.379 e. The third kappa shape index (κ3) is 6.66. The van der Waals surface area contributed by atoms with Gasteiger partial charge in [-0.05, 0) is 19.9 Å². The van der Waals surface area contributed by atoms with Crippen LogP contribution in [0.25, 0.3) is 0 Å². The fourth-order valence-electron chi connectivity index (χ4n) is 4.73. The largest absolute Gasteiger partial charge is 0.423 e. The molecule has 0 aliphatic carbocycles. The predicted octanol–water partition coefficient (Wildman–Crippen LogP) is 3.05. The number of rotatable bonds is 7. The first-order chi connectivity index (χ1) is 18.8. The van der Waals surface area contributed by atoms with Crippen molar-refractivity contribution in [2.75, 3.05) is 43.1 Å². The number of hydrogen-bond donors (Lipinski definition) is 2. The van der Waals surface area contributed by atoms with E-state index >= 15 is 0 Å². The summed E-state index contributed by atoms with van der Waals surface area (Å²) in [7, 11) is 0. The van der Waals surface area contributed by atoms with Crippen LogP contribution >= 0.6 is 0 Å². The van der Waals surface area contributed by atoms with Gasteiger partial charge in [0, 0.05) is 37.4 Å². The summed E-state index contributed by atoms with van der Waals surface area (Å²) in [5.74, 6) is 0.194. The second kappa shape index (κ2) is 11.6. The molecule has 2 N–H and O–H groups in total. The van der Waals surface area contributed by atoms with E-state index in [4.69, 9.17) is 9.47 Å². The van der Waals surface area contributed by atoms with E-state index in [2.05, 4.69) is 15.4 Å². The number of H-pyrrole nitrogens is 1.